The van der Waals surface area contributed by atoms with Crippen molar-refractivity contribution < 1.29 is 9.59 Å². The van der Waals surface area contributed by atoms with Gasteiger partial charge in [0.05, 0.1) is 5.56 Å². The molecule has 2 aliphatic heterocycles. The van der Waals surface area contributed by atoms with Gasteiger partial charge >= 0.3 is 0 Å². The minimum absolute atomic E-state index is 0.0728. The van der Waals surface area contributed by atoms with Crippen LogP contribution in [0.25, 0.3) is 0 Å². The van der Waals surface area contributed by atoms with Gasteiger partial charge in [0.1, 0.15) is 5.82 Å². The first-order valence-electron chi connectivity index (χ1n) is 9.01. The number of nitrogens with zero attached hydrogens (tertiary/aromatic N) is 3. The van der Waals surface area contributed by atoms with Gasteiger partial charge in [0.25, 0.3) is 5.91 Å². The second-order valence-corrected chi connectivity index (χ2v) is 6.52. The van der Waals surface area contributed by atoms with Crippen molar-refractivity contribution in [1.29, 1.82) is 0 Å². The Morgan fingerprint density at radius 3 is 2.75 bits per heavy atom. The molecule has 2 amide bonds. The van der Waals surface area contributed by atoms with Crippen molar-refractivity contribution in [2.75, 3.05) is 37.6 Å². The average molecular weight is 330 g/mol. The zero-order valence-corrected chi connectivity index (χ0v) is 14.2. The Morgan fingerprint density at radius 2 is 2.00 bits per heavy atom. The van der Waals surface area contributed by atoms with Crippen LogP contribution in [0.4, 0.5) is 5.82 Å². The molecule has 1 aromatic rings. The largest absolute Gasteiger partial charge is 0.356 e. The van der Waals surface area contributed by atoms with Crippen LogP contribution in [-0.2, 0) is 4.79 Å². The number of pyridine rings is 1. The Kier molecular flexibility index (Phi) is 5.67. The van der Waals surface area contributed by atoms with Crippen LogP contribution in [0.1, 0.15) is 48.9 Å². The van der Waals surface area contributed by atoms with Gasteiger partial charge in [-0.25, -0.2) is 4.98 Å². The summed E-state index contributed by atoms with van der Waals surface area (Å²) >= 11 is 0. The van der Waals surface area contributed by atoms with E-state index in [9.17, 15) is 9.59 Å². The SMILES string of the molecule is O=C(NCCCN1CCCC1=O)c1cccnc1N1CCCCC1. The lowest BCUT2D eigenvalue weighted by Crippen LogP contribution is -2.34. The highest BCUT2D eigenvalue weighted by atomic mass is 16.2. The summed E-state index contributed by atoms with van der Waals surface area (Å²) in [4.78, 5) is 32.6. The quantitative estimate of drug-likeness (QED) is 0.808. The molecule has 0 spiro atoms. The highest BCUT2D eigenvalue weighted by Gasteiger charge is 2.21. The maximum absolute atomic E-state index is 12.5. The van der Waals surface area contributed by atoms with Crippen molar-refractivity contribution in [3.8, 4) is 0 Å². The van der Waals surface area contributed by atoms with Crippen molar-refractivity contribution >= 4 is 17.6 Å². The molecule has 0 aromatic carbocycles. The van der Waals surface area contributed by atoms with E-state index >= 15 is 0 Å². The number of amides is 2. The fraction of sp³-hybridized carbons (Fsp3) is 0.611. The molecular weight excluding hydrogens is 304 g/mol. The Bertz CT molecular complexity index is 584. The first kappa shape index (κ1) is 16.7. The molecule has 6 nitrogen and oxygen atoms in total. The Balaban J connectivity index is 1.52. The maximum Gasteiger partial charge on any atom is 0.255 e. The molecule has 6 heteroatoms. The highest BCUT2D eigenvalue weighted by molar-refractivity contribution is 5.98. The van der Waals surface area contributed by atoms with E-state index < -0.39 is 0 Å². The van der Waals surface area contributed by atoms with Gasteiger partial charge in [0.15, 0.2) is 0 Å². The van der Waals surface area contributed by atoms with E-state index in [4.69, 9.17) is 0 Å². The summed E-state index contributed by atoms with van der Waals surface area (Å²) < 4.78 is 0. The van der Waals surface area contributed by atoms with Gasteiger partial charge < -0.3 is 15.1 Å². The van der Waals surface area contributed by atoms with Gasteiger partial charge in [-0.3, -0.25) is 9.59 Å². The summed E-state index contributed by atoms with van der Waals surface area (Å²) in [6.45, 7) is 4.10. The number of aromatic nitrogens is 1. The predicted octanol–water partition coefficient (Wildman–Crippen LogP) is 1.81. The molecule has 0 unspecified atom stereocenters. The van der Waals surface area contributed by atoms with Crippen molar-refractivity contribution in [1.82, 2.24) is 15.2 Å². The Labute approximate surface area is 143 Å². The van der Waals surface area contributed by atoms with Crippen LogP contribution < -0.4 is 10.2 Å². The van der Waals surface area contributed by atoms with Crippen LogP contribution in [0.3, 0.4) is 0 Å². The fourth-order valence-corrected chi connectivity index (χ4v) is 3.44. The lowest BCUT2D eigenvalue weighted by molar-refractivity contribution is -0.127. The van der Waals surface area contributed by atoms with Crippen molar-refractivity contribution in [2.45, 2.75) is 38.5 Å². The van der Waals surface area contributed by atoms with E-state index in [1.54, 1.807) is 6.20 Å². The summed E-state index contributed by atoms with van der Waals surface area (Å²) in [6, 6.07) is 3.65. The third-order valence-electron chi connectivity index (χ3n) is 4.75. The highest BCUT2D eigenvalue weighted by Crippen LogP contribution is 2.21. The van der Waals surface area contributed by atoms with Crippen LogP contribution in [-0.4, -0.2) is 54.4 Å². The molecule has 0 aliphatic carbocycles. The second kappa shape index (κ2) is 8.13. The van der Waals surface area contributed by atoms with Crippen LogP contribution in [0.2, 0.25) is 0 Å². The number of hydrogen-bond acceptors (Lipinski definition) is 4. The number of hydrogen-bond donors (Lipinski definition) is 1. The van der Waals surface area contributed by atoms with Crippen molar-refractivity contribution in [3.05, 3.63) is 23.9 Å². The van der Waals surface area contributed by atoms with Gasteiger partial charge in [-0.05, 0) is 44.2 Å². The maximum atomic E-state index is 12.5. The van der Waals surface area contributed by atoms with Crippen molar-refractivity contribution in [2.24, 2.45) is 0 Å². The molecule has 24 heavy (non-hydrogen) atoms. The predicted molar refractivity (Wildman–Crippen MR) is 93.1 cm³/mol. The van der Waals surface area contributed by atoms with E-state index in [1.165, 1.54) is 6.42 Å². The lowest BCUT2D eigenvalue weighted by Gasteiger charge is -2.29. The molecule has 0 bridgehead atoms. The van der Waals surface area contributed by atoms with Crippen LogP contribution >= 0.6 is 0 Å². The smallest absolute Gasteiger partial charge is 0.255 e. The molecule has 0 atom stereocenters. The molecule has 3 heterocycles. The van der Waals surface area contributed by atoms with Crippen LogP contribution in [0.15, 0.2) is 18.3 Å². The topological polar surface area (TPSA) is 65.5 Å². The molecule has 1 aromatic heterocycles. The van der Waals surface area contributed by atoms with E-state index in [2.05, 4.69) is 15.2 Å². The van der Waals surface area contributed by atoms with E-state index in [0.717, 1.165) is 57.7 Å². The Hall–Kier alpha value is -2.11. The molecule has 2 aliphatic rings. The standard InChI is InChI=1S/C18H26N4O2/c23-16-8-5-13-21(16)14-6-10-20-18(24)15-7-4-9-19-17(15)22-11-2-1-3-12-22/h4,7,9H,1-3,5-6,8,10-14H2,(H,20,24). The monoisotopic (exact) mass is 330 g/mol. The fourth-order valence-electron chi connectivity index (χ4n) is 3.44. The molecule has 0 radical (unpaired) electrons. The lowest BCUT2D eigenvalue weighted by atomic mass is 10.1. The van der Waals surface area contributed by atoms with Crippen LogP contribution in [0.5, 0.6) is 0 Å². The van der Waals surface area contributed by atoms with Crippen molar-refractivity contribution in [3.63, 3.8) is 0 Å². The first-order chi connectivity index (χ1) is 11.8. The summed E-state index contributed by atoms with van der Waals surface area (Å²) in [7, 11) is 0. The third-order valence-corrected chi connectivity index (χ3v) is 4.75. The summed E-state index contributed by atoms with van der Waals surface area (Å²) in [5, 5.41) is 2.97. The Morgan fingerprint density at radius 1 is 1.17 bits per heavy atom. The molecule has 1 N–H and O–H groups in total. The number of nitrogens with one attached hydrogen (secondary N) is 1. The molecule has 2 fully saturated rings. The van der Waals surface area contributed by atoms with Gasteiger partial charge in [0, 0.05) is 45.3 Å². The molecular formula is C18H26N4O2. The van der Waals surface area contributed by atoms with Gasteiger partial charge in [-0.15, -0.1) is 0 Å². The van der Waals surface area contributed by atoms with Crippen LogP contribution in [0, 0.1) is 0 Å². The molecule has 3 rings (SSSR count). The molecule has 130 valence electrons. The number of piperidine rings is 1. The zero-order chi connectivity index (χ0) is 16.8. The molecule has 2 saturated heterocycles. The minimum Gasteiger partial charge on any atom is -0.356 e. The van der Waals surface area contributed by atoms with E-state index in [0.29, 0.717) is 18.5 Å². The number of rotatable bonds is 6. The van der Waals surface area contributed by atoms with E-state index in [-0.39, 0.29) is 11.8 Å². The number of carbonyl (C=O) groups is 2. The average Bonchev–Trinajstić information content (AvgIpc) is 3.04. The number of likely N-dealkylation sites (tertiary alicyclic amines) is 1. The van der Waals surface area contributed by atoms with E-state index in [1.807, 2.05) is 17.0 Å². The first-order valence-corrected chi connectivity index (χ1v) is 9.01. The minimum atomic E-state index is -0.0728. The zero-order valence-electron chi connectivity index (χ0n) is 14.2. The second-order valence-electron chi connectivity index (χ2n) is 6.52. The summed E-state index contributed by atoms with van der Waals surface area (Å²) in [6.07, 6.45) is 7.72. The molecule has 0 saturated carbocycles. The van der Waals surface area contributed by atoms with Gasteiger partial charge in [0.2, 0.25) is 5.91 Å². The summed E-state index contributed by atoms with van der Waals surface area (Å²) in [5.74, 6) is 0.960. The van der Waals surface area contributed by atoms with Gasteiger partial charge in [-0.1, -0.05) is 0 Å². The summed E-state index contributed by atoms with van der Waals surface area (Å²) in [5.41, 5.74) is 0.650. The third kappa shape index (κ3) is 4.04. The number of carbonyl (C=O) groups excluding carboxylic acids is 2. The number of anilines is 1. The van der Waals surface area contributed by atoms with Gasteiger partial charge in [-0.2, -0.15) is 0 Å². The normalized spacial score (nSPS) is 18.1.